The summed E-state index contributed by atoms with van der Waals surface area (Å²) in [6, 6.07) is 3.65. The highest BCUT2D eigenvalue weighted by Gasteiger charge is 1.92. The minimum Gasteiger partial charge on any atom is -0.381 e. The summed E-state index contributed by atoms with van der Waals surface area (Å²) in [5, 5.41) is 3.66. The van der Waals surface area contributed by atoms with E-state index in [1.807, 2.05) is 13.0 Å². The van der Waals surface area contributed by atoms with Crippen LogP contribution in [0.4, 0.5) is 5.69 Å². The lowest BCUT2D eigenvalue weighted by Gasteiger charge is -2.04. The summed E-state index contributed by atoms with van der Waals surface area (Å²) in [5.74, 6) is 0. The van der Waals surface area contributed by atoms with Crippen molar-refractivity contribution >= 4 is 17.3 Å². The van der Waals surface area contributed by atoms with Gasteiger partial charge in [-0.15, -0.1) is 0 Å². The summed E-state index contributed by atoms with van der Waals surface area (Å²) >= 11 is 5.69. The molecule has 0 aliphatic carbocycles. The summed E-state index contributed by atoms with van der Waals surface area (Å²) < 4.78 is 0. The Morgan fingerprint density at radius 1 is 1.75 bits per heavy atom. The van der Waals surface area contributed by atoms with Crippen LogP contribution in [0, 0.1) is 0 Å². The third-order valence-corrected chi connectivity index (χ3v) is 1.53. The van der Waals surface area contributed by atoms with E-state index in [2.05, 4.69) is 16.9 Å². The summed E-state index contributed by atoms with van der Waals surface area (Å²) in [4.78, 5) is 3.87. The van der Waals surface area contributed by atoms with Crippen molar-refractivity contribution < 1.29 is 0 Å². The predicted octanol–water partition coefficient (Wildman–Crippen LogP) is 2.72. The molecule has 0 unspecified atom stereocenters. The number of hydrogen-bond acceptors (Lipinski definition) is 2. The van der Waals surface area contributed by atoms with Crippen molar-refractivity contribution in [3.8, 4) is 0 Å². The maximum absolute atomic E-state index is 5.69. The van der Waals surface area contributed by atoms with Crippen LogP contribution in [0.25, 0.3) is 0 Å². The number of rotatable bonds is 3. The van der Waals surface area contributed by atoms with Crippen molar-refractivity contribution in [2.24, 2.45) is 0 Å². The van der Waals surface area contributed by atoms with Gasteiger partial charge in [0.1, 0.15) is 5.15 Å². The van der Waals surface area contributed by atoms with Crippen LogP contribution in [-0.4, -0.2) is 11.5 Å². The molecule has 0 saturated heterocycles. The molecule has 1 rings (SSSR count). The Labute approximate surface area is 77.3 Å². The van der Waals surface area contributed by atoms with E-state index in [1.165, 1.54) is 0 Å². The number of hydrogen-bond donors (Lipinski definition) is 1. The van der Waals surface area contributed by atoms with Crippen LogP contribution < -0.4 is 5.32 Å². The van der Waals surface area contributed by atoms with E-state index in [0.29, 0.717) is 5.15 Å². The van der Waals surface area contributed by atoms with Crippen LogP contribution in [0.5, 0.6) is 0 Å². The molecule has 2 nitrogen and oxygen atoms in total. The van der Waals surface area contributed by atoms with Crippen molar-refractivity contribution in [1.29, 1.82) is 0 Å². The lowest BCUT2D eigenvalue weighted by atomic mass is 10.3. The second kappa shape index (κ2) is 4.12. The Morgan fingerprint density at radius 2 is 2.50 bits per heavy atom. The summed E-state index contributed by atoms with van der Waals surface area (Å²) in [6.07, 6.45) is 1.67. The standard InChI is InChI=1S/C9H11ClN2/c1-7(2)6-12-8-3-4-11-9(10)5-8/h3-5H,1,6H2,2H3,(H,11,12). The van der Waals surface area contributed by atoms with E-state index >= 15 is 0 Å². The van der Waals surface area contributed by atoms with Gasteiger partial charge in [0.15, 0.2) is 0 Å². The maximum Gasteiger partial charge on any atom is 0.131 e. The molecule has 0 bridgehead atoms. The van der Waals surface area contributed by atoms with Gasteiger partial charge in [-0.05, 0) is 19.1 Å². The van der Waals surface area contributed by atoms with Crippen molar-refractivity contribution in [2.45, 2.75) is 6.92 Å². The number of aromatic nitrogens is 1. The van der Waals surface area contributed by atoms with Crippen molar-refractivity contribution in [2.75, 3.05) is 11.9 Å². The van der Waals surface area contributed by atoms with Crippen LogP contribution in [0.1, 0.15) is 6.92 Å². The van der Waals surface area contributed by atoms with Gasteiger partial charge >= 0.3 is 0 Å². The predicted molar refractivity (Wildman–Crippen MR) is 52.6 cm³/mol. The summed E-state index contributed by atoms with van der Waals surface area (Å²) in [7, 11) is 0. The second-order valence-corrected chi connectivity index (χ2v) is 3.07. The maximum atomic E-state index is 5.69. The number of halogens is 1. The number of nitrogens with zero attached hydrogens (tertiary/aromatic N) is 1. The van der Waals surface area contributed by atoms with E-state index in [0.717, 1.165) is 17.8 Å². The largest absolute Gasteiger partial charge is 0.381 e. The molecule has 12 heavy (non-hydrogen) atoms. The molecule has 1 N–H and O–H groups in total. The zero-order valence-corrected chi connectivity index (χ0v) is 7.73. The van der Waals surface area contributed by atoms with Gasteiger partial charge in [0.05, 0.1) is 0 Å². The van der Waals surface area contributed by atoms with Crippen LogP contribution >= 0.6 is 11.6 Å². The number of anilines is 1. The molecule has 3 heteroatoms. The van der Waals surface area contributed by atoms with Gasteiger partial charge in [0.25, 0.3) is 0 Å². The first-order valence-corrected chi connectivity index (χ1v) is 4.06. The molecular formula is C9H11ClN2. The highest BCUT2D eigenvalue weighted by atomic mass is 35.5. The molecule has 1 heterocycles. The molecular weight excluding hydrogens is 172 g/mol. The zero-order valence-electron chi connectivity index (χ0n) is 6.97. The molecule has 0 aliphatic rings. The third-order valence-electron chi connectivity index (χ3n) is 1.32. The van der Waals surface area contributed by atoms with Crippen molar-refractivity contribution in [1.82, 2.24) is 4.98 Å². The topological polar surface area (TPSA) is 24.9 Å². The lowest BCUT2D eigenvalue weighted by Crippen LogP contribution is -2.01. The highest BCUT2D eigenvalue weighted by Crippen LogP contribution is 2.11. The number of nitrogens with one attached hydrogen (secondary N) is 1. The molecule has 0 aliphatic heterocycles. The summed E-state index contributed by atoms with van der Waals surface area (Å²) in [5.41, 5.74) is 2.06. The monoisotopic (exact) mass is 182 g/mol. The van der Waals surface area contributed by atoms with E-state index in [-0.39, 0.29) is 0 Å². The first-order chi connectivity index (χ1) is 5.68. The Kier molecular flexibility index (Phi) is 3.11. The Balaban J connectivity index is 2.57. The molecule has 64 valence electrons. The normalized spacial score (nSPS) is 9.50. The van der Waals surface area contributed by atoms with Crippen LogP contribution in [0.2, 0.25) is 5.15 Å². The van der Waals surface area contributed by atoms with E-state index < -0.39 is 0 Å². The average Bonchev–Trinajstić information content (AvgIpc) is 2.01. The Hall–Kier alpha value is -1.02. The quantitative estimate of drug-likeness (QED) is 0.575. The van der Waals surface area contributed by atoms with Gasteiger partial charge in [-0.3, -0.25) is 0 Å². The molecule has 0 radical (unpaired) electrons. The van der Waals surface area contributed by atoms with Crippen molar-refractivity contribution in [3.63, 3.8) is 0 Å². The molecule has 0 saturated carbocycles. The molecule has 0 spiro atoms. The van der Waals surface area contributed by atoms with E-state index in [4.69, 9.17) is 11.6 Å². The van der Waals surface area contributed by atoms with E-state index in [1.54, 1.807) is 12.3 Å². The Morgan fingerprint density at radius 3 is 3.08 bits per heavy atom. The Bertz CT molecular complexity index is 284. The smallest absolute Gasteiger partial charge is 0.131 e. The van der Waals surface area contributed by atoms with Gasteiger partial charge in [-0.25, -0.2) is 4.98 Å². The minimum absolute atomic E-state index is 0.502. The van der Waals surface area contributed by atoms with Gasteiger partial charge < -0.3 is 5.32 Å². The SMILES string of the molecule is C=C(C)CNc1ccnc(Cl)c1. The fourth-order valence-electron chi connectivity index (χ4n) is 0.765. The summed E-state index contributed by atoms with van der Waals surface area (Å²) in [6.45, 7) is 6.51. The van der Waals surface area contributed by atoms with Crippen LogP contribution in [0.3, 0.4) is 0 Å². The number of pyridine rings is 1. The lowest BCUT2D eigenvalue weighted by molar-refractivity contribution is 1.20. The molecule has 0 fully saturated rings. The third kappa shape index (κ3) is 2.93. The molecule has 1 aromatic rings. The molecule has 1 aromatic heterocycles. The van der Waals surface area contributed by atoms with Crippen LogP contribution in [-0.2, 0) is 0 Å². The fourth-order valence-corrected chi connectivity index (χ4v) is 0.939. The van der Waals surface area contributed by atoms with E-state index in [9.17, 15) is 0 Å². The average molecular weight is 183 g/mol. The molecule has 0 amide bonds. The fraction of sp³-hybridized carbons (Fsp3) is 0.222. The zero-order chi connectivity index (χ0) is 8.97. The van der Waals surface area contributed by atoms with Gasteiger partial charge in [-0.1, -0.05) is 23.8 Å². The molecule has 0 atom stereocenters. The van der Waals surface area contributed by atoms with Gasteiger partial charge in [0, 0.05) is 18.4 Å². The van der Waals surface area contributed by atoms with Gasteiger partial charge in [-0.2, -0.15) is 0 Å². The van der Waals surface area contributed by atoms with Crippen molar-refractivity contribution in [3.05, 3.63) is 35.6 Å². The van der Waals surface area contributed by atoms with Gasteiger partial charge in [0.2, 0.25) is 0 Å². The van der Waals surface area contributed by atoms with Crippen LogP contribution in [0.15, 0.2) is 30.5 Å². The first-order valence-electron chi connectivity index (χ1n) is 3.68. The molecule has 0 aromatic carbocycles. The minimum atomic E-state index is 0.502. The second-order valence-electron chi connectivity index (χ2n) is 2.68. The first kappa shape index (κ1) is 9.07. The highest BCUT2D eigenvalue weighted by molar-refractivity contribution is 6.29.